The minimum atomic E-state index is 0.733. The van der Waals surface area contributed by atoms with E-state index in [0.29, 0.717) is 0 Å². The second kappa shape index (κ2) is 11.0. The number of nitrogens with zero attached hydrogens (tertiary/aromatic N) is 1. The maximum Gasteiger partial charge on any atom is 0.119 e. The van der Waals surface area contributed by atoms with Crippen molar-refractivity contribution in [3.05, 3.63) is 83.5 Å². The number of rotatable bonds is 9. The van der Waals surface area contributed by atoms with Crippen LogP contribution in [-0.4, -0.2) is 19.8 Å². The zero-order valence-electron chi connectivity index (χ0n) is 16.9. The molecule has 0 radical (unpaired) electrons. The molecule has 0 saturated carbocycles. The highest BCUT2D eigenvalue weighted by molar-refractivity contribution is 9.10. The molecule has 0 aromatic heterocycles. The highest BCUT2D eigenvalue weighted by atomic mass is 79.9. The average molecular weight is 454 g/mol. The van der Waals surface area contributed by atoms with Gasteiger partial charge in [-0.3, -0.25) is 0 Å². The molecule has 2 aromatic carbocycles. The topological polar surface area (TPSA) is 21.7 Å². The maximum absolute atomic E-state index is 5.89. The first-order valence-corrected chi connectivity index (χ1v) is 10.9. The summed E-state index contributed by atoms with van der Waals surface area (Å²) in [6, 6.07) is 14.5. The van der Waals surface area contributed by atoms with Gasteiger partial charge in [0.2, 0.25) is 0 Å². The van der Waals surface area contributed by atoms with Gasteiger partial charge in [0.05, 0.1) is 12.3 Å². The number of allylic oxidation sites excluding steroid dienone is 4. The van der Waals surface area contributed by atoms with Gasteiger partial charge in [0.1, 0.15) is 5.75 Å². The average Bonchev–Trinajstić information content (AvgIpc) is 2.73. The largest absolute Gasteiger partial charge is 0.494 e. The number of halogens is 1. The standard InChI is InChI=1S/C25H28BrNO2/c1-3-28-17-7-4-8-18-29-23-13-11-22(12-14-23)27-16-6-5-9-20(2)24-19-21(26)10-15-25(24)27/h5-6,9-16,19H,2-4,7-8,17-18H2,1H3/b9-5-,16-6-. The Labute approximate surface area is 182 Å². The van der Waals surface area contributed by atoms with E-state index in [4.69, 9.17) is 9.47 Å². The van der Waals surface area contributed by atoms with E-state index in [2.05, 4.69) is 63.9 Å². The van der Waals surface area contributed by atoms with Crippen molar-refractivity contribution in [2.75, 3.05) is 24.7 Å². The number of fused-ring (bicyclic) bond motifs is 1. The Kier molecular flexibility index (Phi) is 8.14. The van der Waals surface area contributed by atoms with E-state index in [1.165, 1.54) is 0 Å². The lowest BCUT2D eigenvalue weighted by atomic mass is 10.0. The zero-order valence-corrected chi connectivity index (χ0v) is 18.5. The van der Waals surface area contributed by atoms with Gasteiger partial charge in [-0.1, -0.05) is 34.7 Å². The molecule has 1 aliphatic rings. The summed E-state index contributed by atoms with van der Waals surface area (Å²) in [5, 5.41) is 0. The van der Waals surface area contributed by atoms with E-state index < -0.39 is 0 Å². The summed E-state index contributed by atoms with van der Waals surface area (Å²) in [7, 11) is 0. The second-order valence-electron chi connectivity index (χ2n) is 6.86. The Morgan fingerprint density at radius 2 is 1.76 bits per heavy atom. The molecule has 0 spiro atoms. The van der Waals surface area contributed by atoms with Crippen LogP contribution in [0.15, 0.2) is 77.9 Å². The Bertz CT molecular complexity index is 871. The summed E-state index contributed by atoms with van der Waals surface area (Å²) in [5.74, 6) is 0.898. The summed E-state index contributed by atoms with van der Waals surface area (Å²) in [4.78, 5) is 2.17. The van der Waals surface area contributed by atoms with E-state index in [-0.39, 0.29) is 0 Å². The number of hydrogen-bond acceptors (Lipinski definition) is 3. The molecule has 1 aliphatic heterocycles. The quantitative estimate of drug-likeness (QED) is 0.372. The third-order valence-electron chi connectivity index (χ3n) is 4.73. The highest BCUT2D eigenvalue weighted by Gasteiger charge is 2.14. The summed E-state index contributed by atoms with van der Waals surface area (Å²) >= 11 is 3.57. The van der Waals surface area contributed by atoms with Gasteiger partial charge in [0.25, 0.3) is 0 Å². The number of anilines is 2. The SMILES string of the molecule is C=C1/C=C\C=C/N(c2ccc(OCCCCCOCC)cc2)c2ccc(Br)cc21. The van der Waals surface area contributed by atoms with Crippen LogP contribution in [0.4, 0.5) is 11.4 Å². The first-order chi connectivity index (χ1) is 14.2. The Morgan fingerprint density at radius 3 is 2.55 bits per heavy atom. The van der Waals surface area contributed by atoms with Crippen LogP contribution in [-0.2, 0) is 4.74 Å². The van der Waals surface area contributed by atoms with Gasteiger partial charge in [-0.15, -0.1) is 0 Å². The minimum Gasteiger partial charge on any atom is -0.494 e. The Hall–Kier alpha value is -2.30. The number of hydrogen-bond donors (Lipinski definition) is 0. The molecule has 3 rings (SSSR count). The summed E-state index contributed by atoms with van der Waals surface area (Å²) < 4.78 is 12.3. The van der Waals surface area contributed by atoms with E-state index in [0.717, 1.165) is 71.8 Å². The third-order valence-corrected chi connectivity index (χ3v) is 5.22. The van der Waals surface area contributed by atoms with Crippen molar-refractivity contribution in [2.24, 2.45) is 0 Å². The summed E-state index contributed by atoms with van der Waals surface area (Å²) in [6.45, 7) is 8.60. The van der Waals surface area contributed by atoms with Crippen LogP contribution in [0.2, 0.25) is 0 Å². The number of unbranched alkanes of at least 4 members (excludes halogenated alkanes) is 2. The van der Waals surface area contributed by atoms with Crippen LogP contribution in [0, 0.1) is 0 Å². The van der Waals surface area contributed by atoms with Crippen LogP contribution in [0.5, 0.6) is 5.75 Å². The second-order valence-corrected chi connectivity index (χ2v) is 7.77. The molecule has 0 N–H and O–H groups in total. The molecule has 0 saturated heterocycles. The molecule has 0 amide bonds. The van der Waals surface area contributed by atoms with Gasteiger partial charge in [0.15, 0.2) is 0 Å². The van der Waals surface area contributed by atoms with Gasteiger partial charge in [-0.2, -0.15) is 0 Å². The van der Waals surface area contributed by atoms with Crippen molar-refractivity contribution < 1.29 is 9.47 Å². The summed E-state index contributed by atoms with van der Waals surface area (Å²) in [5.41, 5.74) is 4.27. The van der Waals surface area contributed by atoms with Crippen molar-refractivity contribution in [1.82, 2.24) is 0 Å². The predicted molar refractivity (Wildman–Crippen MR) is 126 cm³/mol. The first-order valence-electron chi connectivity index (χ1n) is 10.1. The molecule has 0 unspecified atom stereocenters. The third kappa shape index (κ3) is 6.09. The maximum atomic E-state index is 5.89. The minimum absolute atomic E-state index is 0.733. The Morgan fingerprint density at radius 1 is 0.966 bits per heavy atom. The van der Waals surface area contributed by atoms with E-state index in [1.54, 1.807) is 0 Å². The number of ether oxygens (including phenoxy) is 2. The van der Waals surface area contributed by atoms with Crippen LogP contribution in [0.1, 0.15) is 31.7 Å². The molecule has 4 heteroatoms. The van der Waals surface area contributed by atoms with Crippen LogP contribution in [0.25, 0.3) is 5.57 Å². The van der Waals surface area contributed by atoms with Crippen LogP contribution >= 0.6 is 15.9 Å². The van der Waals surface area contributed by atoms with E-state index in [1.807, 2.05) is 37.3 Å². The molecule has 1 heterocycles. The normalized spacial score (nSPS) is 15.4. The van der Waals surface area contributed by atoms with Gasteiger partial charge >= 0.3 is 0 Å². The smallest absolute Gasteiger partial charge is 0.119 e. The molecule has 0 aliphatic carbocycles. The van der Waals surface area contributed by atoms with Crippen molar-refractivity contribution in [3.8, 4) is 5.75 Å². The van der Waals surface area contributed by atoms with Crippen molar-refractivity contribution in [2.45, 2.75) is 26.2 Å². The highest BCUT2D eigenvalue weighted by Crippen LogP contribution is 2.36. The lowest BCUT2D eigenvalue weighted by Crippen LogP contribution is -2.11. The van der Waals surface area contributed by atoms with Crippen molar-refractivity contribution in [1.29, 1.82) is 0 Å². The Balaban J connectivity index is 1.66. The molecular formula is C25H28BrNO2. The van der Waals surface area contributed by atoms with E-state index in [9.17, 15) is 0 Å². The fourth-order valence-electron chi connectivity index (χ4n) is 3.20. The molecule has 3 nitrogen and oxygen atoms in total. The molecule has 29 heavy (non-hydrogen) atoms. The molecule has 0 bridgehead atoms. The lowest BCUT2D eigenvalue weighted by molar-refractivity contribution is 0.141. The van der Waals surface area contributed by atoms with Crippen LogP contribution < -0.4 is 9.64 Å². The lowest BCUT2D eigenvalue weighted by Gasteiger charge is -2.25. The molecule has 0 fully saturated rings. The summed E-state index contributed by atoms with van der Waals surface area (Å²) in [6.07, 6.45) is 11.4. The fourth-order valence-corrected chi connectivity index (χ4v) is 3.56. The van der Waals surface area contributed by atoms with Crippen molar-refractivity contribution >= 4 is 32.9 Å². The van der Waals surface area contributed by atoms with Crippen molar-refractivity contribution in [3.63, 3.8) is 0 Å². The monoisotopic (exact) mass is 453 g/mol. The van der Waals surface area contributed by atoms with E-state index >= 15 is 0 Å². The molecule has 2 aromatic rings. The first kappa shape index (κ1) is 21.4. The fraction of sp³-hybridized carbons (Fsp3) is 0.280. The van der Waals surface area contributed by atoms with Crippen LogP contribution in [0.3, 0.4) is 0 Å². The number of benzene rings is 2. The molecule has 0 atom stereocenters. The van der Waals surface area contributed by atoms with Gasteiger partial charge in [-0.25, -0.2) is 0 Å². The predicted octanol–water partition coefficient (Wildman–Crippen LogP) is 7.27. The molecular weight excluding hydrogens is 426 g/mol. The van der Waals surface area contributed by atoms with Gasteiger partial charge < -0.3 is 14.4 Å². The molecule has 152 valence electrons. The zero-order chi connectivity index (χ0) is 20.5. The van der Waals surface area contributed by atoms with Gasteiger partial charge in [0, 0.05) is 35.1 Å². The van der Waals surface area contributed by atoms with Gasteiger partial charge in [-0.05, 0) is 80.3 Å².